The standard InChI is InChI=1S/C29H29N3O4/c33-25(30-19-20-8-4-11-22(18-20)27(34)31-15-2-1-3-16-31)14-7-17-32-28(35)23-12-5-9-21-10-6-13-24(26(21)23)29(32)36/h4-6,8-13,18H,1-3,7,14-17,19H2,(H,30,33). The molecule has 2 aliphatic heterocycles. The van der Waals surface area contributed by atoms with E-state index in [1.807, 2.05) is 53.4 Å². The Hall–Kier alpha value is -4.00. The zero-order valence-corrected chi connectivity index (χ0v) is 20.2. The van der Waals surface area contributed by atoms with Crippen LogP contribution in [0.4, 0.5) is 0 Å². The van der Waals surface area contributed by atoms with Gasteiger partial charge in [-0.3, -0.25) is 24.1 Å². The number of hydrogen-bond donors (Lipinski definition) is 1. The molecule has 2 aliphatic rings. The molecule has 184 valence electrons. The molecule has 7 heteroatoms. The highest BCUT2D eigenvalue weighted by Crippen LogP contribution is 2.30. The van der Waals surface area contributed by atoms with Crippen LogP contribution in [0.5, 0.6) is 0 Å². The van der Waals surface area contributed by atoms with E-state index in [1.165, 1.54) is 11.3 Å². The Morgan fingerprint density at radius 3 is 2.19 bits per heavy atom. The van der Waals surface area contributed by atoms with Gasteiger partial charge < -0.3 is 10.2 Å². The number of likely N-dealkylation sites (tertiary alicyclic amines) is 1. The zero-order valence-electron chi connectivity index (χ0n) is 20.2. The summed E-state index contributed by atoms with van der Waals surface area (Å²) in [6, 6.07) is 18.3. The van der Waals surface area contributed by atoms with Crippen molar-refractivity contribution in [2.24, 2.45) is 0 Å². The lowest BCUT2D eigenvalue weighted by Gasteiger charge is -2.27. The summed E-state index contributed by atoms with van der Waals surface area (Å²) in [5.41, 5.74) is 2.54. The van der Waals surface area contributed by atoms with Crippen molar-refractivity contribution in [1.29, 1.82) is 0 Å². The quantitative estimate of drug-likeness (QED) is 0.512. The van der Waals surface area contributed by atoms with Crippen molar-refractivity contribution in [2.45, 2.75) is 38.6 Å². The van der Waals surface area contributed by atoms with Crippen molar-refractivity contribution in [3.8, 4) is 0 Å². The molecule has 1 N–H and O–H groups in total. The molecule has 3 aromatic rings. The van der Waals surface area contributed by atoms with Crippen molar-refractivity contribution in [2.75, 3.05) is 19.6 Å². The predicted molar refractivity (Wildman–Crippen MR) is 137 cm³/mol. The molecule has 7 nitrogen and oxygen atoms in total. The average molecular weight is 484 g/mol. The molecule has 0 bridgehead atoms. The van der Waals surface area contributed by atoms with E-state index < -0.39 is 0 Å². The molecular formula is C29H29N3O4. The van der Waals surface area contributed by atoms with Gasteiger partial charge in [-0.15, -0.1) is 0 Å². The molecular weight excluding hydrogens is 454 g/mol. The van der Waals surface area contributed by atoms with Crippen LogP contribution in [0, 0.1) is 0 Å². The third-order valence-corrected chi connectivity index (χ3v) is 6.95. The fourth-order valence-electron chi connectivity index (χ4n) is 5.06. The van der Waals surface area contributed by atoms with Crippen LogP contribution >= 0.6 is 0 Å². The number of nitrogens with zero attached hydrogens (tertiary/aromatic N) is 2. The molecule has 0 aliphatic carbocycles. The van der Waals surface area contributed by atoms with Crippen LogP contribution in [-0.2, 0) is 11.3 Å². The molecule has 5 rings (SSSR count). The number of nitrogens with one attached hydrogen (secondary N) is 1. The van der Waals surface area contributed by atoms with Crippen molar-refractivity contribution in [3.05, 3.63) is 82.9 Å². The second kappa shape index (κ2) is 10.3. The van der Waals surface area contributed by atoms with Crippen LogP contribution < -0.4 is 5.32 Å². The Kier molecular flexibility index (Phi) is 6.80. The molecule has 0 saturated carbocycles. The van der Waals surface area contributed by atoms with E-state index in [0.29, 0.717) is 35.0 Å². The molecule has 0 radical (unpaired) electrons. The first-order chi connectivity index (χ1) is 17.5. The summed E-state index contributed by atoms with van der Waals surface area (Å²) < 4.78 is 0. The van der Waals surface area contributed by atoms with Crippen molar-refractivity contribution >= 4 is 34.4 Å². The van der Waals surface area contributed by atoms with Crippen LogP contribution in [0.2, 0.25) is 0 Å². The number of carbonyl (C=O) groups excluding carboxylic acids is 4. The molecule has 3 aromatic carbocycles. The maximum Gasteiger partial charge on any atom is 0.261 e. The maximum atomic E-state index is 13.0. The topological polar surface area (TPSA) is 86.8 Å². The Balaban J connectivity index is 1.14. The number of imide groups is 1. The summed E-state index contributed by atoms with van der Waals surface area (Å²) in [5.74, 6) is -0.766. The highest BCUT2D eigenvalue weighted by atomic mass is 16.2. The molecule has 0 unspecified atom stereocenters. The molecule has 4 amide bonds. The van der Waals surface area contributed by atoms with Crippen LogP contribution in [-0.4, -0.2) is 53.1 Å². The first-order valence-corrected chi connectivity index (χ1v) is 12.6. The minimum Gasteiger partial charge on any atom is -0.352 e. The number of hydrogen-bond acceptors (Lipinski definition) is 4. The van der Waals surface area contributed by atoms with E-state index in [1.54, 1.807) is 12.1 Å². The smallest absolute Gasteiger partial charge is 0.261 e. The van der Waals surface area contributed by atoms with E-state index in [2.05, 4.69) is 5.32 Å². The fourth-order valence-corrected chi connectivity index (χ4v) is 5.06. The number of rotatable bonds is 7. The number of piperidine rings is 1. The predicted octanol–water partition coefficient (Wildman–Crippen LogP) is 4.16. The largest absolute Gasteiger partial charge is 0.352 e. The minimum absolute atomic E-state index is 0.0380. The van der Waals surface area contributed by atoms with Crippen LogP contribution in [0.1, 0.15) is 68.7 Å². The third-order valence-electron chi connectivity index (χ3n) is 6.95. The summed E-state index contributed by atoms with van der Waals surface area (Å²) in [5, 5.41) is 4.45. The van der Waals surface area contributed by atoms with Gasteiger partial charge in [0.05, 0.1) is 0 Å². The van der Waals surface area contributed by atoms with Gasteiger partial charge in [0, 0.05) is 54.7 Å². The molecule has 2 heterocycles. The summed E-state index contributed by atoms with van der Waals surface area (Å²) in [6.45, 7) is 2.08. The van der Waals surface area contributed by atoms with E-state index in [9.17, 15) is 19.2 Å². The first-order valence-electron chi connectivity index (χ1n) is 12.6. The minimum atomic E-state index is -0.320. The molecule has 1 fully saturated rings. The van der Waals surface area contributed by atoms with Gasteiger partial charge in [0.25, 0.3) is 17.7 Å². The highest BCUT2D eigenvalue weighted by molar-refractivity contribution is 6.25. The lowest BCUT2D eigenvalue weighted by molar-refractivity contribution is -0.121. The van der Waals surface area contributed by atoms with Gasteiger partial charge >= 0.3 is 0 Å². The zero-order chi connectivity index (χ0) is 25.1. The van der Waals surface area contributed by atoms with Gasteiger partial charge in [0.15, 0.2) is 0 Å². The van der Waals surface area contributed by atoms with Gasteiger partial charge in [0.1, 0.15) is 0 Å². The van der Waals surface area contributed by atoms with E-state index >= 15 is 0 Å². The Bertz CT molecular complexity index is 1290. The van der Waals surface area contributed by atoms with Gasteiger partial charge in [-0.2, -0.15) is 0 Å². The molecule has 1 saturated heterocycles. The fraction of sp³-hybridized carbons (Fsp3) is 0.310. The average Bonchev–Trinajstić information content (AvgIpc) is 2.92. The lowest BCUT2D eigenvalue weighted by Crippen LogP contribution is -2.41. The van der Waals surface area contributed by atoms with E-state index in [4.69, 9.17) is 0 Å². The Labute approximate surface area is 210 Å². The van der Waals surface area contributed by atoms with Crippen LogP contribution in [0.3, 0.4) is 0 Å². The molecule has 36 heavy (non-hydrogen) atoms. The second-order valence-electron chi connectivity index (χ2n) is 9.40. The monoisotopic (exact) mass is 483 g/mol. The van der Waals surface area contributed by atoms with Crippen LogP contribution in [0.15, 0.2) is 60.7 Å². The number of carbonyl (C=O) groups is 4. The third kappa shape index (κ3) is 4.73. The normalized spacial score (nSPS) is 15.3. The summed E-state index contributed by atoms with van der Waals surface area (Å²) in [6.07, 6.45) is 3.81. The lowest BCUT2D eigenvalue weighted by atomic mass is 9.94. The molecule has 0 atom stereocenters. The van der Waals surface area contributed by atoms with Crippen LogP contribution in [0.25, 0.3) is 10.8 Å². The SMILES string of the molecule is O=C(CCCN1C(=O)c2cccc3cccc(c23)C1=O)NCc1cccc(C(=O)N2CCCCC2)c1. The van der Waals surface area contributed by atoms with Crippen molar-refractivity contribution in [3.63, 3.8) is 0 Å². The molecule has 0 spiro atoms. The maximum absolute atomic E-state index is 13.0. The Morgan fingerprint density at radius 1 is 0.833 bits per heavy atom. The van der Waals surface area contributed by atoms with Crippen molar-refractivity contribution < 1.29 is 19.2 Å². The van der Waals surface area contributed by atoms with Gasteiger partial charge in [-0.05, 0) is 60.9 Å². The first kappa shape index (κ1) is 23.7. The van der Waals surface area contributed by atoms with Gasteiger partial charge in [-0.1, -0.05) is 36.4 Å². The van der Waals surface area contributed by atoms with Gasteiger partial charge in [-0.25, -0.2) is 0 Å². The van der Waals surface area contributed by atoms with E-state index in [-0.39, 0.29) is 36.6 Å². The van der Waals surface area contributed by atoms with Gasteiger partial charge in [0.2, 0.25) is 5.91 Å². The number of benzene rings is 3. The highest BCUT2D eigenvalue weighted by Gasteiger charge is 2.32. The summed E-state index contributed by atoms with van der Waals surface area (Å²) in [4.78, 5) is 54.3. The number of amides is 4. The summed E-state index contributed by atoms with van der Waals surface area (Å²) in [7, 11) is 0. The van der Waals surface area contributed by atoms with E-state index in [0.717, 1.165) is 36.9 Å². The Morgan fingerprint density at radius 2 is 1.50 bits per heavy atom. The second-order valence-corrected chi connectivity index (χ2v) is 9.40. The van der Waals surface area contributed by atoms with Crippen molar-refractivity contribution in [1.82, 2.24) is 15.1 Å². The summed E-state index contributed by atoms with van der Waals surface area (Å²) >= 11 is 0. The molecule has 0 aromatic heterocycles.